The number of furan rings is 1. The fraction of sp³-hybridized carbons (Fsp3) is 0. The van der Waals surface area contributed by atoms with E-state index < -0.39 is 0 Å². The van der Waals surface area contributed by atoms with Crippen LogP contribution in [0.25, 0.3) is 27.1 Å². The Kier molecular flexibility index (Phi) is 3.40. The van der Waals surface area contributed by atoms with E-state index in [4.69, 9.17) is 4.42 Å². The van der Waals surface area contributed by atoms with Gasteiger partial charge in [0.2, 0.25) is 5.91 Å². The van der Waals surface area contributed by atoms with Crippen LogP contribution in [0.15, 0.2) is 65.3 Å². The number of hydrogen-bond donors (Lipinski definition) is 1. The van der Waals surface area contributed by atoms with E-state index in [0.29, 0.717) is 10.9 Å². The fourth-order valence-electron chi connectivity index (χ4n) is 2.41. The van der Waals surface area contributed by atoms with E-state index in [1.54, 1.807) is 24.5 Å². The van der Waals surface area contributed by atoms with Crippen molar-refractivity contribution >= 4 is 49.4 Å². The Bertz CT molecular complexity index is 1020. The van der Waals surface area contributed by atoms with E-state index in [2.05, 4.69) is 22.4 Å². The lowest BCUT2D eigenvalue weighted by Crippen LogP contribution is -2.07. The molecule has 0 saturated heterocycles. The maximum absolute atomic E-state index is 12.0. The molecule has 2 aromatic heterocycles. The quantitative estimate of drug-likeness (QED) is 0.557. The third-order valence-corrected chi connectivity index (χ3v) is 4.39. The van der Waals surface area contributed by atoms with Gasteiger partial charge in [0.05, 0.1) is 16.5 Å². The van der Waals surface area contributed by atoms with Crippen molar-refractivity contribution in [3.8, 4) is 0 Å². The van der Waals surface area contributed by atoms with E-state index in [9.17, 15) is 4.79 Å². The number of amides is 1. The summed E-state index contributed by atoms with van der Waals surface area (Å²) >= 11 is 1.46. The van der Waals surface area contributed by atoms with Gasteiger partial charge < -0.3 is 4.42 Å². The number of nitrogens with one attached hydrogen (secondary N) is 1. The Labute approximate surface area is 136 Å². The van der Waals surface area contributed by atoms with Gasteiger partial charge in [0.1, 0.15) is 5.76 Å². The monoisotopic (exact) mass is 320 g/mol. The summed E-state index contributed by atoms with van der Waals surface area (Å²) < 4.78 is 6.20. The number of carbonyl (C=O) groups is 1. The molecule has 4 rings (SSSR count). The molecule has 0 spiro atoms. The van der Waals surface area contributed by atoms with Crippen molar-refractivity contribution in [1.29, 1.82) is 0 Å². The number of thiazole rings is 1. The topological polar surface area (TPSA) is 55.1 Å². The van der Waals surface area contributed by atoms with E-state index in [1.165, 1.54) is 17.4 Å². The largest absolute Gasteiger partial charge is 0.465 e. The zero-order chi connectivity index (χ0) is 15.6. The van der Waals surface area contributed by atoms with E-state index in [0.717, 1.165) is 21.0 Å². The van der Waals surface area contributed by atoms with Crippen LogP contribution in [0.3, 0.4) is 0 Å². The Balaban J connectivity index is 1.62. The SMILES string of the molecule is O=C(/C=C/c1ccco1)Nc1nc2c(ccc3ccccc32)s1. The summed E-state index contributed by atoms with van der Waals surface area (Å²) in [6.45, 7) is 0. The predicted octanol–water partition coefficient (Wildman–Crippen LogP) is 4.69. The van der Waals surface area contributed by atoms with Crippen LogP contribution >= 0.6 is 11.3 Å². The molecule has 0 aliphatic carbocycles. The predicted molar refractivity (Wildman–Crippen MR) is 93.5 cm³/mol. The summed E-state index contributed by atoms with van der Waals surface area (Å²) in [4.78, 5) is 16.5. The van der Waals surface area contributed by atoms with Crippen LogP contribution in [0.2, 0.25) is 0 Å². The molecule has 0 unspecified atom stereocenters. The first kappa shape index (κ1) is 13.7. The van der Waals surface area contributed by atoms with Crippen LogP contribution in [-0.4, -0.2) is 10.9 Å². The van der Waals surface area contributed by atoms with E-state index >= 15 is 0 Å². The minimum Gasteiger partial charge on any atom is -0.465 e. The molecule has 1 amide bonds. The highest BCUT2D eigenvalue weighted by Crippen LogP contribution is 2.31. The second-order valence-corrected chi connectivity index (χ2v) is 6.02. The van der Waals surface area contributed by atoms with Gasteiger partial charge in [-0.25, -0.2) is 4.98 Å². The molecule has 2 heterocycles. The summed E-state index contributed by atoms with van der Waals surface area (Å²) in [5.41, 5.74) is 0.915. The van der Waals surface area contributed by atoms with Crippen molar-refractivity contribution in [2.75, 3.05) is 5.32 Å². The first-order chi connectivity index (χ1) is 11.3. The van der Waals surface area contributed by atoms with Crippen LogP contribution < -0.4 is 5.32 Å². The number of hydrogen-bond acceptors (Lipinski definition) is 4. The van der Waals surface area contributed by atoms with Crippen molar-refractivity contribution in [3.05, 3.63) is 66.6 Å². The van der Waals surface area contributed by atoms with Gasteiger partial charge in [-0.1, -0.05) is 41.7 Å². The smallest absolute Gasteiger partial charge is 0.250 e. The first-order valence-electron chi connectivity index (χ1n) is 7.10. The Morgan fingerprint density at radius 3 is 2.91 bits per heavy atom. The van der Waals surface area contributed by atoms with Crippen molar-refractivity contribution in [1.82, 2.24) is 4.98 Å². The molecule has 1 N–H and O–H groups in total. The lowest BCUT2D eigenvalue weighted by Gasteiger charge is -1.96. The van der Waals surface area contributed by atoms with Gasteiger partial charge >= 0.3 is 0 Å². The molecular weight excluding hydrogens is 308 g/mol. The third-order valence-electron chi connectivity index (χ3n) is 3.46. The number of carbonyl (C=O) groups excluding carboxylic acids is 1. The second-order valence-electron chi connectivity index (χ2n) is 4.99. The average Bonchev–Trinajstić information content (AvgIpc) is 3.22. The summed E-state index contributed by atoms with van der Waals surface area (Å²) in [5, 5.41) is 5.62. The van der Waals surface area contributed by atoms with E-state index in [1.807, 2.05) is 24.3 Å². The molecule has 2 aromatic carbocycles. The maximum Gasteiger partial charge on any atom is 0.250 e. The second kappa shape index (κ2) is 5.70. The normalized spacial score (nSPS) is 11.5. The lowest BCUT2D eigenvalue weighted by molar-refractivity contribution is -0.111. The van der Waals surface area contributed by atoms with Gasteiger partial charge in [-0.15, -0.1) is 0 Å². The fourth-order valence-corrected chi connectivity index (χ4v) is 3.29. The number of aromatic nitrogens is 1. The highest BCUT2D eigenvalue weighted by Gasteiger charge is 2.08. The van der Waals surface area contributed by atoms with Crippen LogP contribution in [0.5, 0.6) is 0 Å². The van der Waals surface area contributed by atoms with Gasteiger partial charge in [-0.3, -0.25) is 10.1 Å². The number of rotatable bonds is 3. The van der Waals surface area contributed by atoms with Gasteiger partial charge in [-0.05, 0) is 29.7 Å². The molecule has 0 aliphatic heterocycles. The zero-order valence-corrected chi connectivity index (χ0v) is 12.8. The number of anilines is 1. The summed E-state index contributed by atoms with van der Waals surface area (Å²) in [6.07, 6.45) is 4.62. The molecule has 5 heteroatoms. The minimum atomic E-state index is -0.232. The van der Waals surface area contributed by atoms with Crippen LogP contribution in [0.4, 0.5) is 5.13 Å². The zero-order valence-electron chi connectivity index (χ0n) is 12.0. The Hall–Kier alpha value is -2.92. The van der Waals surface area contributed by atoms with Crippen LogP contribution in [0.1, 0.15) is 5.76 Å². The molecule has 4 aromatic rings. The minimum absolute atomic E-state index is 0.232. The molecule has 0 atom stereocenters. The highest BCUT2D eigenvalue weighted by atomic mass is 32.1. The molecule has 0 aliphatic rings. The third kappa shape index (κ3) is 2.74. The van der Waals surface area contributed by atoms with Crippen molar-refractivity contribution < 1.29 is 9.21 Å². The van der Waals surface area contributed by atoms with E-state index in [-0.39, 0.29) is 5.91 Å². The van der Waals surface area contributed by atoms with Crippen molar-refractivity contribution in [2.24, 2.45) is 0 Å². The first-order valence-corrected chi connectivity index (χ1v) is 7.92. The lowest BCUT2D eigenvalue weighted by atomic mass is 10.1. The molecule has 0 saturated carbocycles. The van der Waals surface area contributed by atoms with Gasteiger partial charge in [0, 0.05) is 11.5 Å². The van der Waals surface area contributed by atoms with Crippen molar-refractivity contribution in [2.45, 2.75) is 0 Å². The highest BCUT2D eigenvalue weighted by molar-refractivity contribution is 7.22. The summed E-state index contributed by atoms with van der Waals surface area (Å²) in [7, 11) is 0. The Morgan fingerprint density at radius 2 is 2.04 bits per heavy atom. The molecule has 23 heavy (non-hydrogen) atoms. The molecule has 112 valence electrons. The van der Waals surface area contributed by atoms with Crippen LogP contribution in [0, 0.1) is 0 Å². The molecule has 0 radical (unpaired) electrons. The molecule has 0 fully saturated rings. The van der Waals surface area contributed by atoms with Gasteiger partial charge in [-0.2, -0.15) is 0 Å². The average molecular weight is 320 g/mol. The molecular formula is C18H12N2O2S. The van der Waals surface area contributed by atoms with Crippen molar-refractivity contribution in [3.63, 3.8) is 0 Å². The Morgan fingerprint density at radius 1 is 1.13 bits per heavy atom. The van der Waals surface area contributed by atoms with Gasteiger partial charge in [0.25, 0.3) is 0 Å². The summed E-state index contributed by atoms with van der Waals surface area (Å²) in [5.74, 6) is 0.403. The molecule has 4 nitrogen and oxygen atoms in total. The number of fused-ring (bicyclic) bond motifs is 3. The number of nitrogens with zero attached hydrogens (tertiary/aromatic N) is 1. The van der Waals surface area contributed by atoms with Gasteiger partial charge in [0.15, 0.2) is 5.13 Å². The summed E-state index contributed by atoms with van der Waals surface area (Å²) in [6, 6.07) is 15.7. The van der Waals surface area contributed by atoms with Crippen LogP contribution in [-0.2, 0) is 4.79 Å². The standard InChI is InChI=1S/C18H12N2O2S/c21-16(10-8-13-5-3-11-22-13)19-18-20-17-14-6-2-1-4-12(14)7-9-15(17)23-18/h1-11H,(H,19,20,21)/b10-8+. The maximum atomic E-state index is 12.0. The number of benzene rings is 2. The molecule has 0 bridgehead atoms.